The van der Waals surface area contributed by atoms with Crippen molar-refractivity contribution in [1.82, 2.24) is 4.31 Å². The minimum absolute atomic E-state index is 0.497. The van der Waals surface area contributed by atoms with Crippen LogP contribution in [0.5, 0.6) is 0 Å². The van der Waals surface area contributed by atoms with Crippen LogP contribution in [0, 0.1) is 5.92 Å². The number of hydrogen-bond donors (Lipinski definition) is 0. The maximum Gasteiger partial charge on any atom is 0.252 e. The van der Waals surface area contributed by atoms with E-state index in [9.17, 15) is 8.42 Å². The van der Waals surface area contributed by atoms with E-state index in [1.807, 2.05) is 13.0 Å². The Labute approximate surface area is 121 Å². The lowest BCUT2D eigenvalue weighted by atomic mass is 10.0. The van der Waals surface area contributed by atoms with Gasteiger partial charge in [0.2, 0.25) is 0 Å². The summed E-state index contributed by atoms with van der Waals surface area (Å²) < 4.78 is 27.0. The van der Waals surface area contributed by atoms with E-state index < -0.39 is 10.0 Å². The van der Waals surface area contributed by atoms with Crippen molar-refractivity contribution in [3.05, 3.63) is 17.0 Å². The third-order valence-electron chi connectivity index (χ3n) is 3.37. The zero-order valence-electron chi connectivity index (χ0n) is 10.4. The van der Waals surface area contributed by atoms with Crippen LogP contribution in [-0.4, -0.2) is 31.1 Å². The lowest BCUT2D eigenvalue weighted by molar-refractivity contribution is 0.292. The highest BCUT2D eigenvalue weighted by Crippen LogP contribution is 2.29. The smallest absolute Gasteiger partial charge is 0.206 e. The van der Waals surface area contributed by atoms with Crippen LogP contribution in [0.1, 0.15) is 24.6 Å². The number of rotatable bonds is 4. The van der Waals surface area contributed by atoms with Gasteiger partial charge in [-0.25, -0.2) is 8.42 Å². The molecular formula is C12H18BrNO2S2. The van der Waals surface area contributed by atoms with Gasteiger partial charge in [-0.15, -0.1) is 11.3 Å². The molecule has 1 aliphatic rings. The van der Waals surface area contributed by atoms with Crippen molar-refractivity contribution in [3.8, 4) is 0 Å². The van der Waals surface area contributed by atoms with Gasteiger partial charge < -0.3 is 0 Å². The first-order valence-electron chi connectivity index (χ1n) is 6.22. The van der Waals surface area contributed by atoms with Gasteiger partial charge in [0.15, 0.2) is 0 Å². The van der Waals surface area contributed by atoms with Gasteiger partial charge in [-0.05, 0) is 37.3 Å². The molecule has 0 aliphatic carbocycles. The molecule has 1 saturated heterocycles. The van der Waals surface area contributed by atoms with Crippen LogP contribution in [0.15, 0.2) is 16.3 Å². The van der Waals surface area contributed by atoms with E-state index in [4.69, 9.17) is 0 Å². The van der Waals surface area contributed by atoms with Gasteiger partial charge >= 0.3 is 0 Å². The fourth-order valence-electron chi connectivity index (χ4n) is 2.12. The van der Waals surface area contributed by atoms with Crippen molar-refractivity contribution in [2.75, 3.05) is 18.4 Å². The maximum atomic E-state index is 12.4. The number of nitrogens with zero attached hydrogens (tertiary/aromatic N) is 1. The number of sulfonamides is 1. The summed E-state index contributed by atoms with van der Waals surface area (Å²) in [4.78, 5) is 1.13. The van der Waals surface area contributed by atoms with Crippen LogP contribution in [0.3, 0.4) is 0 Å². The van der Waals surface area contributed by atoms with E-state index in [1.165, 1.54) is 11.3 Å². The molecule has 1 aromatic heterocycles. The fraction of sp³-hybridized carbons (Fsp3) is 0.667. The number of alkyl halides is 1. The van der Waals surface area contributed by atoms with Gasteiger partial charge in [-0.1, -0.05) is 22.9 Å². The molecule has 0 bridgehead atoms. The molecular weight excluding hydrogens is 334 g/mol. The van der Waals surface area contributed by atoms with E-state index in [1.54, 1.807) is 10.4 Å². The normalized spacial score (nSPS) is 19.2. The molecule has 0 spiro atoms. The van der Waals surface area contributed by atoms with E-state index in [-0.39, 0.29) is 0 Å². The van der Waals surface area contributed by atoms with Crippen molar-refractivity contribution in [2.45, 2.75) is 30.4 Å². The minimum atomic E-state index is -3.25. The molecule has 6 heteroatoms. The standard InChI is InChI=1S/C12H18BrNO2S2/c1-2-11-3-4-12(17-11)18(15,16)14-7-5-10(9-13)6-8-14/h3-4,10H,2,5-9H2,1H3. The highest BCUT2D eigenvalue weighted by Gasteiger charge is 2.29. The molecule has 1 aliphatic heterocycles. The minimum Gasteiger partial charge on any atom is -0.206 e. The van der Waals surface area contributed by atoms with Crippen LogP contribution >= 0.6 is 27.3 Å². The highest BCUT2D eigenvalue weighted by atomic mass is 79.9. The first kappa shape index (κ1) is 14.5. The van der Waals surface area contributed by atoms with Gasteiger partial charge in [0, 0.05) is 23.3 Å². The number of hydrogen-bond acceptors (Lipinski definition) is 3. The summed E-state index contributed by atoms with van der Waals surface area (Å²) in [5.74, 6) is 0.617. The van der Waals surface area contributed by atoms with Crippen LogP contribution in [-0.2, 0) is 16.4 Å². The van der Waals surface area contributed by atoms with E-state index in [0.29, 0.717) is 23.2 Å². The number of thiophene rings is 1. The highest BCUT2D eigenvalue weighted by molar-refractivity contribution is 9.09. The first-order valence-corrected chi connectivity index (χ1v) is 9.60. The van der Waals surface area contributed by atoms with Crippen LogP contribution < -0.4 is 0 Å². The first-order chi connectivity index (χ1) is 8.57. The van der Waals surface area contributed by atoms with E-state index in [0.717, 1.165) is 29.5 Å². The molecule has 18 heavy (non-hydrogen) atoms. The molecule has 0 amide bonds. The average Bonchev–Trinajstić information content (AvgIpc) is 2.88. The van der Waals surface area contributed by atoms with Gasteiger partial charge in [-0.3, -0.25) is 0 Å². The third-order valence-corrected chi connectivity index (χ3v) is 7.88. The molecule has 1 aromatic rings. The van der Waals surface area contributed by atoms with Crippen molar-refractivity contribution in [3.63, 3.8) is 0 Å². The number of piperidine rings is 1. The molecule has 102 valence electrons. The predicted octanol–water partition coefficient (Wildman–Crippen LogP) is 3.11. The molecule has 0 N–H and O–H groups in total. The predicted molar refractivity (Wildman–Crippen MR) is 79.0 cm³/mol. The third kappa shape index (κ3) is 2.98. The summed E-state index contributed by atoms with van der Waals surface area (Å²) >= 11 is 4.87. The zero-order valence-corrected chi connectivity index (χ0v) is 13.7. The Morgan fingerprint density at radius 3 is 2.56 bits per heavy atom. The number of aryl methyl sites for hydroxylation is 1. The summed E-state index contributed by atoms with van der Waals surface area (Å²) in [6.07, 6.45) is 2.80. The molecule has 0 aromatic carbocycles. The van der Waals surface area contributed by atoms with Gasteiger partial charge in [0.25, 0.3) is 10.0 Å². The second kappa shape index (κ2) is 6.03. The topological polar surface area (TPSA) is 37.4 Å². The summed E-state index contributed by atoms with van der Waals surface area (Å²) in [5, 5.41) is 0.972. The Morgan fingerprint density at radius 1 is 1.39 bits per heavy atom. The maximum absolute atomic E-state index is 12.4. The van der Waals surface area contributed by atoms with Gasteiger partial charge in [0.1, 0.15) is 4.21 Å². The van der Waals surface area contributed by atoms with Crippen LogP contribution in [0.2, 0.25) is 0 Å². The quantitative estimate of drug-likeness (QED) is 0.781. The van der Waals surface area contributed by atoms with Crippen molar-refractivity contribution < 1.29 is 8.42 Å². The SMILES string of the molecule is CCc1ccc(S(=O)(=O)N2CCC(CBr)CC2)s1. The molecule has 0 radical (unpaired) electrons. The summed E-state index contributed by atoms with van der Waals surface area (Å²) in [7, 11) is -3.25. The Balaban J connectivity index is 2.12. The monoisotopic (exact) mass is 351 g/mol. The largest absolute Gasteiger partial charge is 0.252 e. The average molecular weight is 352 g/mol. The van der Waals surface area contributed by atoms with Crippen molar-refractivity contribution >= 4 is 37.3 Å². The zero-order chi connectivity index (χ0) is 13.2. The van der Waals surface area contributed by atoms with E-state index in [2.05, 4.69) is 15.9 Å². The molecule has 0 atom stereocenters. The fourth-order valence-corrected chi connectivity index (χ4v) is 5.69. The molecule has 3 nitrogen and oxygen atoms in total. The van der Waals surface area contributed by atoms with E-state index >= 15 is 0 Å². The Hall–Kier alpha value is 0.0900. The molecule has 2 rings (SSSR count). The Morgan fingerprint density at radius 2 is 2.06 bits per heavy atom. The van der Waals surface area contributed by atoms with Gasteiger partial charge in [0.05, 0.1) is 0 Å². The Bertz CT molecular complexity index is 490. The summed E-state index contributed by atoms with van der Waals surface area (Å²) in [6.45, 7) is 3.35. The van der Waals surface area contributed by atoms with Crippen LogP contribution in [0.4, 0.5) is 0 Å². The summed E-state index contributed by atoms with van der Waals surface area (Å²) in [6, 6.07) is 3.66. The number of halogens is 1. The van der Waals surface area contributed by atoms with Crippen LogP contribution in [0.25, 0.3) is 0 Å². The molecule has 2 heterocycles. The second-order valence-corrected chi connectivity index (χ2v) is 8.56. The van der Waals surface area contributed by atoms with Crippen molar-refractivity contribution in [2.24, 2.45) is 5.92 Å². The lowest BCUT2D eigenvalue weighted by Gasteiger charge is -2.29. The Kier molecular flexibility index (Phi) is 4.86. The molecule has 1 fully saturated rings. The van der Waals surface area contributed by atoms with Gasteiger partial charge in [-0.2, -0.15) is 4.31 Å². The summed E-state index contributed by atoms with van der Waals surface area (Å²) in [5.41, 5.74) is 0. The molecule has 0 saturated carbocycles. The molecule has 0 unspecified atom stereocenters. The van der Waals surface area contributed by atoms with Crippen molar-refractivity contribution in [1.29, 1.82) is 0 Å². The lowest BCUT2D eigenvalue weighted by Crippen LogP contribution is -2.38. The second-order valence-electron chi connectivity index (χ2n) is 4.58.